The third-order valence-corrected chi connectivity index (χ3v) is 5.71. The molecular weight excluding hydrogens is 320 g/mol. The second kappa shape index (κ2) is 6.23. The van der Waals surface area contributed by atoms with Crippen molar-refractivity contribution in [2.45, 2.75) is 17.9 Å². The quantitative estimate of drug-likeness (QED) is 0.888. The summed E-state index contributed by atoms with van der Waals surface area (Å²) in [6.07, 6.45) is 1.57. The molecule has 1 aromatic heterocycles. The molecule has 1 aromatic carbocycles. The molecule has 0 amide bonds. The molecule has 0 saturated carbocycles. The molecule has 1 saturated heterocycles. The standard InChI is InChI=1S/C14H18N4O2S2/c1-11-10-18(8-6-15-11)12-2-4-13(5-3-12)22(19,20)17-14-16-7-9-21-14/h2-5,7,9,11,15H,6,8,10H2,1H3,(H,16,17)/t11-/m0/s1. The van der Waals surface area contributed by atoms with Crippen LogP contribution in [-0.2, 0) is 10.0 Å². The molecule has 0 spiro atoms. The summed E-state index contributed by atoms with van der Waals surface area (Å²) < 4.78 is 27.0. The van der Waals surface area contributed by atoms with Crippen LogP contribution in [0.5, 0.6) is 0 Å². The maximum absolute atomic E-state index is 12.3. The lowest BCUT2D eigenvalue weighted by Gasteiger charge is -2.33. The van der Waals surface area contributed by atoms with Crippen LogP contribution in [0.15, 0.2) is 40.7 Å². The van der Waals surface area contributed by atoms with E-state index in [1.807, 2.05) is 12.1 Å². The van der Waals surface area contributed by atoms with E-state index in [0.717, 1.165) is 25.3 Å². The number of rotatable bonds is 4. The van der Waals surface area contributed by atoms with Gasteiger partial charge in [0, 0.05) is 42.9 Å². The lowest BCUT2D eigenvalue weighted by Crippen LogP contribution is -2.49. The average molecular weight is 338 g/mol. The van der Waals surface area contributed by atoms with Gasteiger partial charge in [-0.25, -0.2) is 13.4 Å². The van der Waals surface area contributed by atoms with Crippen molar-refractivity contribution in [3.8, 4) is 0 Å². The van der Waals surface area contributed by atoms with Gasteiger partial charge in [-0.3, -0.25) is 4.72 Å². The molecule has 118 valence electrons. The Balaban J connectivity index is 1.76. The van der Waals surface area contributed by atoms with E-state index in [4.69, 9.17) is 0 Å². The number of benzene rings is 1. The maximum atomic E-state index is 12.3. The fourth-order valence-corrected chi connectivity index (χ4v) is 4.24. The van der Waals surface area contributed by atoms with Gasteiger partial charge in [0.25, 0.3) is 10.0 Å². The van der Waals surface area contributed by atoms with Crippen molar-refractivity contribution in [3.63, 3.8) is 0 Å². The summed E-state index contributed by atoms with van der Waals surface area (Å²) >= 11 is 1.25. The predicted molar refractivity (Wildman–Crippen MR) is 89.0 cm³/mol. The van der Waals surface area contributed by atoms with E-state index in [1.165, 1.54) is 11.3 Å². The highest BCUT2D eigenvalue weighted by molar-refractivity contribution is 7.93. The highest BCUT2D eigenvalue weighted by Crippen LogP contribution is 2.22. The smallest absolute Gasteiger partial charge is 0.263 e. The Morgan fingerprint density at radius 3 is 2.77 bits per heavy atom. The molecule has 1 atom stereocenters. The minimum absolute atomic E-state index is 0.245. The summed E-state index contributed by atoms with van der Waals surface area (Å²) in [6, 6.07) is 7.42. The molecule has 3 rings (SSSR count). The number of thiazole rings is 1. The van der Waals surface area contributed by atoms with Crippen molar-refractivity contribution in [3.05, 3.63) is 35.8 Å². The van der Waals surface area contributed by atoms with Crippen LogP contribution in [0.3, 0.4) is 0 Å². The number of aromatic nitrogens is 1. The van der Waals surface area contributed by atoms with E-state index in [1.54, 1.807) is 23.7 Å². The van der Waals surface area contributed by atoms with E-state index in [2.05, 4.69) is 26.8 Å². The Morgan fingerprint density at radius 2 is 2.14 bits per heavy atom. The van der Waals surface area contributed by atoms with Crippen LogP contribution in [0.1, 0.15) is 6.92 Å². The van der Waals surface area contributed by atoms with E-state index < -0.39 is 10.0 Å². The Labute approximate surface area is 134 Å². The molecule has 0 radical (unpaired) electrons. The Kier molecular flexibility index (Phi) is 4.32. The highest BCUT2D eigenvalue weighted by atomic mass is 32.2. The number of hydrogen-bond acceptors (Lipinski definition) is 6. The molecule has 8 heteroatoms. The summed E-state index contributed by atoms with van der Waals surface area (Å²) in [7, 11) is -3.57. The minimum Gasteiger partial charge on any atom is -0.369 e. The molecule has 2 N–H and O–H groups in total. The van der Waals surface area contributed by atoms with Gasteiger partial charge in [-0.2, -0.15) is 0 Å². The highest BCUT2D eigenvalue weighted by Gasteiger charge is 2.18. The fourth-order valence-electron chi connectivity index (χ4n) is 2.45. The van der Waals surface area contributed by atoms with Crippen LogP contribution in [0.4, 0.5) is 10.8 Å². The number of piperazine rings is 1. The van der Waals surface area contributed by atoms with Crippen LogP contribution in [-0.4, -0.2) is 39.1 Å². The summed E-state index contributed by atoms with van der Waals surface area (Å²) in [5.74, 6) is 0. The Morgan fingerprint density at radius 1 is 1.36 bits per heavy atom. The lowest BCUT2D eigenvalue weighted by atomic mass is 10.2. The van der Waals surface area contributed by atoms with Crippen LogP contribution in [0.2, 0.25) is 0 Å². The van der Waals surface area contributed by atoms with Crippen LogP contribution in [0.25, 0.3) is 0 Å². The van der Waals surface area contributed by atoms with Crippen molar-refractivity contribution in [1.82, 2.24) is 10.3 Å². The van der Waals surface area contributed by atoms with E-state index in [9.17, 15) is 8.42 Å². The third-order valence-electron chi connectivity index (χ3n) is 3.53. The van der Waals surface area contributed by atoms with E-state index >= 15 is 0 Å². The molecule has 1 aliphatic rings. The van der Waals surface area contributed by atoms with Crippen LogP contribution < -0.4 is 14.9 Å². The molecule has 2 aromatic rings. The monoisotopic (exact) mass is 338 g/mol. The zero-order valence-corrected chi connectivity index (χ0v) is 13.8. The number of nitrogens with zero attached hydrogens (tertiary/aromatic N) is 2. The summed E-state index contributed by atoms with van der Waals surface area (Å²) in [5.41, 5.74) is 1.04. The molecule has 6 nitrogen and oxygen atoms in total. The van der Waals surface area contributed by atoms with E-state index in [-0.39, 0.29) is 4.90 Å². The Hall–Kier alpha value is -1.64. The van der Waals surface area contributed by atoms with Gasteiger partial charge in [0.1, 0.15) is 0 Å². The first kappa shape index (κ1) is 15.3. The first-order chi connectivity index (χ1) is 10.5. The molecule has 22 heavy (non-hydrogen) atoms. The molecule has 2 heterocycles. The van der Waals surface area contributed by atoms with Gasteiger partial charge >= 0.3 is 0 Å². The Bertz CT molecular complexity index is 714. The first-order valence-electron chi connectivity index (χ1n) is 7.05. The molecule has 0 unspecified atom stereocenters. The summed E-state index contributed by atoms with van der Waals surface area (Å²) in [5, 5.41) is 5.49. The maximum Gasteiger partial charge on any atom is 0.263 e. The van der Waals surface area contributed by atoms with Gasteiger partial charge < -0.3 is 10.2 Å². The third kappa shape index (κ3) is 3.40. The minimum atomic E-state index is -3.57. The van der Waals surface area contributed by atoms with Crippen molar-refractivity contribution < 1.29 is 8.42 Å². The normalized spacial score (nSPS) is 19.1. The lowest BCUT2D eigenvalue weighted by molar-refractivity contribution is 0.485. The number of hydrogen-bond donors (Lipinski definition) is 2. The second-order valence-electron chi connectivity index (χ2n) is 5.24. The van der Waals surface area contributed by atoms with Gasteiger partial charge in [0.15, 0.2) is 5.13 Å². The topological polar surface area (TPSA) is 74.3 Å². The predicted octanol–water partition coefficient (Wildman–Crippen LogP) is 1.74. The van der Waals surface area contributed by atoms with Crippen molar-refractivity contribution in [1.29, 1.82) is 0 Å². The van der Waals surface area contributed by atoms with E-state index in [0.29, 0.717) is 11.2 Å². The van der Waals surface area contributed by atoms with Gasteiger partial charge in [0.05, 0.1) is 4.90 Å². The largest absolute Gasteiger partial charge is 0.369 e. The van der Waals surface area contributed by atoms with Gasteiger partial charge in [0.2, 0.25) is 0 Å². The number of anilines is 2. The average Bonchev–Trinajstić information content (AvgIpc) is 2.99. The number of nitrogens with one attached hydrogen (secondary N) is 2. The van der Waals surface area contributed by atoms with Crippen LogP contribution in [0, 0.1) is 0 Å². The molecule has 0 aliphatic carbocycles. The van der Waals surface area contributed by atoms with Gasteiger partial charge in [-0.15, -0.1) is 11.3 Å². The molecule has 0 bridgehead atoms. The summed E-state index contributed by atoms with van der Waals surface area (Å²) in [6.45, 7) is 4.92. The van der Waals surface area contributed by atoms with Gasteiger partial charge in [-0.05, 0) is 31.2 Å². The fraction of sp³-hybridized carbons (Fsp3) is 0.357. The van der Waals surface area contributed by atoms with Crippen molar-refractivity contribution in [2.24, 2.45) is 0 Å². The van der Waals surface area contributed by atoms with Crippen molar-refractivity contribution in [2.75, 3.05) is 29.3 Å². The van der Waals surface area contributed by atoms with Crippen LogP contribution >= 0.6 is 11.3 Å². The summed E-state index contributed by atoms with van der Waals surface area (Å²) in [4.78, 5) is 6.44. The zero-order chi connectivity index (χ0) is 15.6. The molecule has 1 fully saturated rings. The first-order valence-corrected chi connectivity index (χ1v) is 9.41. The number of sulfonamides is 1. The second-order valence-corrected chi connectivity index (χ2v) is 7.81. The van der Waals surface area contributed by atoms with Gasteiger partial charge in [-0.1, -0.05) is 0 Å². The SMILES string of the molecule is C[C@H]1CN(c2ccc(S(=O)(=O)Nc3nccs3)cc2)CCN1. The zero-order valence-electron chi connectivity index (χ0n) is 12.2. The molecule has 1 aliphatic heterocycles. The van der Waals surface area contributed by atoms with Crippen molar-refractivity contribution >= 4 is 32.2 Å². The molecular formula is C14H18N4O2S2.